The zero-order chi connectivity index (χ0) is 16.7. The molecular formula is C18H21NaO4S. The quantitative estimate of drug-likeness (QED) is 0.409. The molecule has 0 heterocycles. The molecule has 4 nitrogen and oxygen atoms in total. The van der Waals surface area contributed by atoms with E-state index in [0.29, 0.717) is 11.5 Å². The molecule has 0 bridgehead atoms. The standard InChI is InChI=1S/C18H22O4S.Na/c1-2-3-4-5-7-15-10-12-16(13-11-15)22-17-8-6-9-18(14-17)23(19,20)21;/h6,8-14H,2-5,7H2,1H3,(H,19,20,21);/q;+1/p-1. The van der Waals surface area contributed by atoms with Crippen LogP contribution < -0.4 is 34.3 Å². The predicted octanol–water partition coefficient (Wildman–Crippen LogP) is 1.51. The van der Waals surface area contributed by atoms with Gasteiger partial charge in [-0.3, -0.25) is 0 Å². The molecule has 2 rings (SSSR count). The van der Waals surface area contributed by atoms with E-state index in [1.165, 1.54) is 49.4 Å². The van der Waals surface area contributed by atoms with Gasteiger partial charge in [0.15, 0.2) is 0 Å². The first-order valence-electron chi connectivity index (χ1n) is 7.82. The van der Waals surface area contributed by atoms with Crippen molar-refractivity contribution in [3.63, 3.8) is 0 Å². The first kappa shape index (κ1) is 21.2. The first-order chi connectivity index (χ1) is 11.0. The minimum atomic E-state index is -4.47. The molecule has 0 saturated heterocycles. The fraction of sp³-hybridized carbons (Fsp3) is 0.333. The van der Waals surface area contributed by atoms with E-state index in [2.05, 4.69) is 6.92 Å². The molecule has 0 spiro atoms. The molecule has 2 aromatic carbocycles. The summed E-state index contributed by atoms with van der Waals surface area (Å²) in [5.41, 5.74) is 1.25. The number of benzene rings is 2. The molecule has 0 radical (unpaired) electrons. The average Bonchev–Trinajstić information content (AvgIpc) is 2.53. The number of rotatable bonds is 8. The molecule has 124 valence electrons. The van der Waals surface area contributed by atoms with E-state index < -0.39 is 10.1 Å². The van der Waals surface area contributed by atoms with Crippen LogP contribution in [0, 0.1) is 0 Å². The maximum atomic E-state index is 11.0. The Bertz CT molecular complexity index is 727. The van der Waals surface area contributed by atoms with Gasteiger partial charge in [0.1, 0.15) is 21.6 Å². The van der Waals surface area contributed by atoms with E-state index in [1.807, 2.05) is 24.3 Å². The first-order valence-corrected chi connectivity index (χ1v) is 9.22. The third-order valence-corrected chi connectivity index (χ3v) is 4.40. The van der Waals surface area contributed by atoms with Crippen LogP contribution in [-0.2, 0) is 16.5 Å². The SMILES string of the molecule is CCCCCCc1ccc(Oc2cccc(S(=O)(=O)[O-])c2)cc1.[Na+]. The van der Waals surface area contributed by atoms with Crippen LogP contribution in [0.25, 0.3) is 0 Å². The van der Waals surface area contributed by atoms with Gasteiger partial charge in [-0.25, -0.2) is 8.42 Å². The van der Waals surface area contributed by atoms with E-state index >= 15 is 0 Å². The fourth-order valence-corrected chi connectivity index (χ4v) is 2.82. The van der Waals surface area contributed by atoms with Gasteiger partial charge < -0.3 is 9.29 Å². The van der Waals surface area contributed by atoms with Crippen LogP contribution in [0.3, 0.4) is 0 Å². The van der Waals surface area contributed by atoms with Crippen molar-refractivity contribution in [2.45, 2.75) is 43.9 Å². The molecule has 0 amide bonds. The van der Waals surface area contributed by atoms with Crippen molar-refractivity contribution in [2.75, 3.05) is 0 Å². The van der Waals surface area contributed by atoms with Crippen LogP contribution in [0.5, 0.6) is 11.5 Å². The Balaban J connectivity index is 0.00000288. The number of hydrogen-bond donors (Lipinski definition) is 0. The maximum Gasteiger partial charge on any atom is 1.00 e. The second-order valence-electron chi connectivity index (χ2n) is 5.49. The van der Waals surface area contributed by atoms with Gasteiger partial charge in [0.05, 0.1) is 4.90 Å². The smallest absolute Gasteiger partial charge is 0.744 e. The zero-order valence-electron chi connectivity index (χ0n) is 14.2. The maximum absolute atomic E-state index is 11.0. The van der Waals surface area contributed by atoms with Crippen LogP contribution >= 0.6 is 0 Å². The largest absolute Gasteiger partial charge is 1.00 e. The van der Waals surface area contributed by atoms with Crippen molar-refractivity contribution >= 4 is 10.1 Å². The van der Waals surface area contributed by atoms with E-state index in [1.54, 1.807) is 6.07 Å². The Morgan fingerprint density at radius 3 is 2.29 bits per heavy atom. The van der Waals surface area contributed by atoms with Gasteiger partial charge in [-0.2, -0.15) is 0 Å². The molecule has 0 fully saturated rings. The summed E-state index contributed by atoms with van der Waals surface area (Å²) in [6.45, 7) is 2.19. The van der Waals surface area contributed by atoms with Crippen LogP contribution in [0.1, 0.15) is 38.2 Å². The monoisotopic (exact) mass is 356 g/mol. The predicted molar refractivity (Wildman–Crippen MR) is 88.8 cm³/mol. The van der Waals surface area contributed by atoms with Gasteiger partial charge >= 0.3 is 29.6 Å². The topological polar surface area (TPSA) is 66.4 Å². The number of unbranched alkanes of at least 4 members (excludes halogenated alkanes) is 3. The van der Waals surface area contributed by atoms with Gasteiger partial charge in [-0.1, -0.05) is 44.4 Å². The molecule has 0 N–H and O–H groups in total. The van der Waals surface area contributed by atoms with Crippen molar-refractivity contribution in [3.8, 4) is 11.5 Å². The summed E-state index contributed by atoms with van der Waals surface area (Å²) in [4.78, 5) is -0.289. The van der Waals surface area contributed by atoms with E-state index in [9.17, 15) is 13.0 Å². The molecule has 0 aliphatic heterocycles. The van der Waals surface area contributed by atoms with E-state index in [0.717, 1.165) is 6.42 Å². The van der Waals surface area contributed by atoms with Crippen molar-refractivity contribution in [2.24, 2.45) is 0 Å². The Morgan fingerprint density at radius 1 is 0.958 bits per heavy atom. The second kappa shape index (κ2) is 10.2. The third-order valence-electron chi connectivity index (χ3n) is 3.57. The normalized spacial score (nSPS) is 10.9. The summed E-state index contributed by atoms with van der Waals surface area (Å²) >= 11 is 0. The molecule has 2 aromatic rings. The minimum Gasteiger partial charge on any atom is -0.744 e. The summed E-state index contributed by atoms with van der Waals surface area (Å²) in [6.07, 6.45) is 5.96. The minimum absolute atomic E-state index is 0. The Kier molecular flexibility index (Phi) is 9.02. The van der Waals surface area contributed by atoms with Crippen molar-refractivity contribution in [1.82, 2.24) is 0 Å². The Labute approximate surface area is 166 Å². The molecule has 0 atom stereocenters. The van der Waals surface area contributed by atoms with Crippen LogP contribution in [0.15, 0.2) is 53.4 Å². The zero-order valence-corrected chi connectivity index (χ0v) is 17.0. The van der Waals surface area contributed by atoms with Crippen LogP contribution in [0.4, 0.5) is 0 Å². The van der Waals surface area contributed by atoms with Crippen molar-refractivity contribution in [1.29, 1.82) is 0 Å². The summed E-state index contributed by atoms with van der Waals surface area (Å²) in [5, 5.41) is 0. The molecule has 6 heteroatoms. The van der Waals surface area contributed by atoms with Gasteiger partial charge in [-0.05, 0) is 48.7 Å². The fourth-order valence-electron chi connectivity index (χ4n) is 2.31. The van der Waals surface area contributed by atoms with Crippen molar-refractivity contribution in [3.05, 3.63) is 54.1 Å². The Morgan fingerprint density at radius 2 is 1.67 bits per heavy atom. The molecule has 0 saturated carbocycles. The van der Waals surface area contributed by atoms with Gasteiger partial charge in [0, 0.05) is 0 Å². The van der Waals surface area contributed by atoms with Crippen molar-refractivity contribution < 1.29 is 47.3 Å². The number of aryl methyl sites for hydroxylation is 1. The summed E-state index contributed by atoms with van der Waals surface area (Å²) in [6, 6.07) is 13.3. The molecule has 0 aliphatic carbocycles. The van der Waals surface area contributed by atoms with Gasteiger partial charge in [-0.15, -0.1) is 0 Å². The molecule has 0 aromatic heterocycles. The summed E-state index contributed by atoms with van der Waals surface area (Å²) in [7, 11) is -4.47. The second-order valence-corrected chi connectivity index (χ2v) is 6.87. The molecule has 0 unspecified atom stereocenters. The summed E-state index contributed by atoms with van der Waals surface area (Å²) in [5.74, 6) is 0.945. The van der Waals surface area contributed by atoms with E-state index in [-0.39, 0.29) is 34.5 Å². The Hall–Kier alpha value is -0.850. The third kappa shape index (κ3) is 6.95. The van der Waals surface area contributed by atoms with Gasteiger partial charge in [0.25, 0.3) is 0 Å². The summed E-state index contributed by atoms with van der Waals surface area (Å²) < 4.78 is 38.7. The molecule has 0 aliphatic rings. The molecular weight excluding hydrogens is 335 g/mol. The van der Waals surface area contributed by atoms with Crippen LogP contribution in [-0.4, -0.2) is 13.0 Å². The van der Waals surface area contributed by atoms with E-state index in [4.69, 9.17) is 4.74 Å². The number of ether oxygens (including phenoxy) is 1. The van der Waals surface area contributed by atoms with Crippen LogP contribution in [0.2, 0.25) is 0 Å². The van der Waals surface area contributed by atoms with Gasteiger partial charge in [0.2, 0.25) is 0 Å². The molecule has 24 heavy (non-hydrogen) atoms. The number of hydrogen-bond acceptors (Lipinski definition) is 4. The average molecular weight is 356 g/mol.